The Kier molecular flexibility index (Phi) is 5.16. The van der Waals surface area contributed by atoms with E-state index in [1.54, 1.807) is 13.1 Å². The molecule has 0 atom stereocenters. The van der Waals surface area contributed by atoms with Gasteiger partial charge in [0.05, 0.1) is 6.54 Å². The molecule has 2 aromatic carbocycles. The molecule has 0 bridgehead atoms. The highest BCUT2D eigenvalue weighted by molar-refractivity contribution is 5.99. The van der Waals surface area contributed by atoms with Crippen LogP contribution in [0, 0.1) is 20.8 Å². The van der Waals surface area contributed by atoms with E-state index in [1.165, 1.54) is 4.90 Å². The average Bonchev–Trinajstić information content (AvgIpc) is 2.50. The number of nitrogens with one attached hydrogen (secondary N) is 1. The highest BCUT2D eigenvalue weighted by atomic mass is 16.2. The molecule has 0 saturated carbocycles. The van der Waals surface area contributed by atoms with Crippen LogP contribution in [0.25, 0.3) is 0 Å². The first kappa shape index (κ1) is 16.7. The van der Waals surface area contributed by atoms with Gasteiger partial charge in [-0.15, -0.1) is 0 Å². The topological polar surface area (TPSA) is 49.4 Å². The molecule has 0 aromatic heterocycles. The van der Waals surface area contributed by atoms with Crippen LogP contribution in [0.1, 0.15) is 27.0 Å². The molecule has 1 N–H and O–H groups in total. The number of amides is 2. The first-order chi connectivity index (χ1) is 10.9. The lowest BCUT2D eigenvalue weighted by Gasteiger charge is -2.18. The molecular formula is C19H22N2O2. The fourth-order valence-electron chi connectivity index (χ4n) is 2.35. The Morgan fingerprint density at radius 3 is 2.39 bits per heavy atom. The standard InChI is InChI=1S/C19H22N2O2/c1-13-6-5-7-16(10-13)19(23)21(4)12-18(22)20-17-11-14(2)8-9-15(17)3/h5-11H,12H2,1-4H3,(H,20,22). The third-order valence-corrected chi connectivity index (χ3v) is 3.66. The van der Waals surface area contributed by atoms with Gasteiger partial charge >= 0.3 is 0 Å². The van der Waals surface area contributed by atoms with Crippen molar-refractivity contribution in [1.82, 2.24) is 4.90 Å². The maximum atomic E-state index is 12.4. The van der Waals surface area contributed by atoms with Gasteiger partial charge in [-0.25, -0.2) is 0 Å². The van der Waals surface area contributed by atoms with Crippen LogP contribution < -0.4 is 5.32 Å². The number of nitrogens with zero attached hydrogens (tertiary/aromatic N) is 1. The van der Waals surface area contributed by atoms with Crippen molar-refractivity contribution in [3.05, 3.63) is 64.7 Å². The first-order valence-electron chi connectivity index (χ1n) is 7.56. The van der Waals surface area contributed by atoms with Gasteiger partial charge in [-0.3, -0.25) is 9.59 Å². The summed E-state index contributed by atoms with van der Waals surface area (Å²) in [4.78, 5) is 26.0. The number of rotatable bonds is 4. The van der Waals surface area contributed by atoms with E-state index in [0.29, 0.717) is 5.56 Å². The number of hydrogen-bond acceptors (Lipinski definition) is 2. The molecule has 0 spiro atoms. The van der Waals surface area contributed by atoms with Crippen LogP contribution in [0.5, 0.6) is 0 Å². The van der Waals surface area contributed by atoms with E-state index in [-0.39, 0.29) is 18.4 Å². The number of aryl methyl sites for hydroxylation is 3. The molecule has 0 aliphatic carbocycles. The minimum atomic E-state index is -0.206. The molecule has 0 saturated heterocycles. The Hall–Kier alpha value is -2.62. The highest BCUT2D eigenvalue weighted by Gasteiger charge is 2.15. The quantitative estimate of drug-likeness (QED) is 0.941. The Balaban J connectivity index is 2.02. The summed E-state index contributed by atoms with van der Waals surface area (Å²) in [6.07, 6.45) is 0. The SMILES string of the molecule is Cc1cccc(C(=O)N(C)CC(=O)Nc2cc(C)ccc2C)c1. The molecule has 4 heteroatoms. The zero-order chi connectivity index (χ0) is 17.0. The Bertz CT molecular complexity index is 738. The molecule has 0 heterocycles. The smallest absolute Gasteiger partial charge is 0.254 e. The maximum Gasteiger partial charge on any atom is 0.254 e. The molecule has 23 heavy (non-hydrogen) atoms. The van der Waals surface area contributed by atoms with E-state index in [1.807, 2.05) is 57.2 Å². The van der Waals surface area contributed by atoms with Crippen LogP contribution in [0.15, 0.2) is 42.5 Å². The van der Waals surface area contributed by atoms with Gasteiger partial charge in [0.15, 0.2) is 0 Å². The minimum Gasteiger partial charge on any atom is -0.332 e. The van der Waals surface area contributed by atoms with Crippen LogP contribution >= 0.6 is 0 Å². The van der Waals surface area contributed by atoms with Gasteiger partial charge in [0, 0.05) is 18.3 Å². The molecule has 120 valence electrons. The average molecular weight is 310 g/mol. The summed E-state index contributed by atoms with van der Waals surface area (Å²) in [6.45, 7) is 5.86. The summed E-state index contributed by atoms with van der Waals surface area (Å²) in [6, 6.07) is 13.2. The van der Waals surface area contributed by atoms with Crippen molar-refractivity contribution in [1.29, 1.82) is 0 Å². The largest absolute Gasteiger partial charge is 0.332 e. The van der Waals surface area contributed by atoms with Crippen LogP contribution in [-0.2, 0) is 4.79 Å². The van der Waals surface area contributed by atoms with Gasteiger partial charge in [-0.2, -0.15) is 0 Å². The van der Waals surface area contributed by atoms with E-state index in [0.717, 1.165) is 22.4 Å². The fourth-order valence-corrected chi connectivity index (χ4v) is 2.35. The zero-order valence-electron chi connectivity index (χ0n) is 14.0. The third kappa shape index (κ3) is 4.42. The predicted molar refractivity (Wildman–Crippen MR) is 92.7 cm³/mol. The molecule has 0 aliphatic heterocycles. The van der Waals surface area contributed by atoms with Crippen molar-refractivity contribution >= 4 is 17.5 Å². The van der Waals surface area contributed by atoms with Crippen molar-refractivity contribution in [3.8, 4) is 0 Å². The number of hydrogen-bond donors (Lipinski definition) is 1. The number of carbonyl (C=O) groups is 2. The predicted octanol–water partition coefficient (Wildman–Crippen LogP) is 3.32. The van der Waals surface area contributed by atoms with Crippen molar-refractivity contribution in [3.63, 3.8) is 0 Å². The lowest BCUT2D eigenvalue weighted by molar-refractivity contribution is -0.116. The molecule has 0 fully saturated rings. The van der Waals surface area contributed by atoms with E-state index in [4.69, 9.17) is 0 Å². The molecule has 4 nitrogen and oxygen atoms in total. The van der Waals surface area contributed by atoms with Gasteiger partial charge in [-0.05, 0) is 50.1 Å². The molecular weight excluding hydrogens is 288 g/mol. The summed E-state index contributed by atoms with van der Waals surface area (Å²) in [7, 11) is 1.63. The number of carbonyl (C=O) groups excluding carboxylic acids is 2. The summed E-state index contributed by atoms with van der Waals surface area (Å²) < 4.78 is 0. The van der Waals surface area contributed by atoms with Gasteiger partial charge < -0.3 is 10.2 Å². The normalized spacial score (nSPS) is 10.3. The van der Waals surface area contributed by atoms with Gasteiger partial charge in [-0.1, -0.05) is 29.8 Å². The van der Waals surface area contributed by atoms with E-state index in [9.17, 15) is 9.59 Å². The lowest BCUT2D eigenvalue weighted by Crippen LogP contribution is -2.35. The summed E-state index contributed by atoms with van der Waals surface area (Å²) >= 11 is 0. The highest BCUT2D eigenvalue weighted by Crippen LogP contribution is 2.16. The molecule has 2 rings (SSSR count). The Morgan fingerprint density at radius 1 is 1.00 bits per heavy atom. The van der Waals surface area contributed by atoms with Crippen molar-refractivity contribution in [2.75, 3.05) is 18.9 Å². The van der Waals surface area contributed by atoms with Gasteiger partial charge in [0.2, 0.25) is 5.91 Å². The molecule has 0 aliphatic rings. The number of likely N-dealkylation sites (N-methyl/N-ethyl adjacent to an activating group) is 1. The second-order valence-corrected chi connectivity index (χ2v) is 5.90. The Morgan fingerprint density at radius 2 is 1.70 bits per heavy atom. The van der Waals surface area contributed by atoms with Crippen molar-refractivity contribution < 1.29 is 9.59 Å². The van der Waals surface area contributed by atoms with Crippen LogP contribution in [0.3, 0.4) is 0 Å². The maximum absolute atomic E-state index is 12.4. The molecule has 2 aromatic rings. The molecule has 2 amide bonds. The van der Waals surface area contributed by atoms with E-state index < -0.39 is 0 Å². The fraction of sp³-hybridized carbons (Fsp3) is 0.263. The number of benzene rings is 2. The van der Waals surface area contributed by atoms with Gasteiger partial charge in [0.1, 0.15) is 0 Å². The Labute approximate surface area is 137 Å². The summed E-state index contributed by atoms with van der Waals surface area (Å²) in [5, 5.41) is 2.87. The van der Waals surface area contributed by atoms with E-state index in [2.05, 4.69) is 5.32 Å². The van der Waals surface area contributed by atoms with Crippen molar-refractivity contribution in [2.45, 2.75) is 20.8 Å². The first-order valence-corrected chi connectivity index (χ1v) is 7.56. The van der Waals surface area contributed by atoms with Crippen LogP contribution in [-0.4, -0.2) is 30.3 Å². The monoisotopic (exact) mass is 310 g/mol. The third-order valence-electron chi connectivity index (χ3n) is 3.66. The molecule has 0 unspecified atom stereocenters. The minimum absolute atomic E-state index is 0.0140. The summed E-state index contributed by atoms with van der Waals surface area (Å²) in [5.74, 6) is -0.369. The second kappa shape index (κ2) is 7.09. The molecule has 0 radical (unpaired) electrons. The second-order valence-electron chi connectivity index (χ2n) is 5.90. The number of anilines is 1. The zero-order valence-corrected chi connectivity index (χ0v) is 14.0. The lowest BCUT2D eigenvalue weighted by atomic mass is 10.1. The van der Waals surface area contributed by atoms with Gasteiger partial charge in [0.25, 0.3) is 5.91 Å². The van der Waals surface area contributed by atoms with Crippen LogP contribution in [0.2, 0.25) is 0 Å². The summed E-state index contributed by atoms with van der Waals surface area (Å²) in [5.41, 5.74) is 4.47. The van der Waals surface area contributed by atoms with Crippen LogP contribution in [0.4, 0.5) is 5.69 Å². The van der Waals surface area contributed by atoms with E-state index >= 15 is 0 Å². The van der Waals surface area contributed by atoms with Crippen molar-refractivity contribution in [2.24, 2.45) is 0 Å².